The summed E-state index contributed by atoms with van der Waals surface area (Å²) in [7, 11) is 0. The fraction of sp³-hybridized carbons (Fsp3) is 1.00. The van der Waals surface area contributed by atoms with Crippen LogP contribution in [0.3, 0.4) is 0 Å². The van der Waals surface area contributed by atoms with Crippen molar-refractivity contribution in [3.63, 3.8) is 0 Å². The Kier molecular flexibility index (Phi) is 5.52. The first-order valence-corrected chi connectivity index (χ1v) is 7.23. The van der Waals surface area contributed by atoms with E-state index in [9.17, 15) is 40.9 Å². The fourth-order valence-corrected chi connectivity index (χ4v) is 2.96. The van der Waals surface area contributed by atoms with Crippen LogP contribution >= 0.6 is 0 Å². The molecule has 2 fully saturated rings. The molecule has 11 N–H and O–H groups in total. The summed E-state index contributed by atoms with van der Waals surface area (Å²) in [6.45, 7) is -1.80. The van der Waals surface area contributed by atoms with Crippen LogP contribution in [0.25, 0.3) is 0 Å². The Morgan fingerprint density at radius 1 is 0.708 bits per heavy atom. The van der Waals surface area contributed by atoms with Gasteiger partial charge in [-0.05, 0) is 0 Å². The zero-order chi connectivity index (χ0) is 18.4. The number of nitrogens with two attached hydrogens (primary N) is 1. The molecule has 0 bridgehead atoms. The van der Waals surface area contributed by atoms with Crippen molar-refractivity contribution in [2.75, 3.05) is 13.2 Å². The Morgan fingerprint density at radius 2 is 1.12 bits per heavy atom. The number of rotatable bonds is 3. The first-order chi connectivity index (χ1) is 11.0. The smallest absolute Gasteiger partial charge is 0.252 e. The summed E-state index contributed by atoms with van der Waals surface area (Å²) in [4.78, 5) is 0. The summed E-state index contributed by atoms with van der Waals surface area (Å²) in [5.41, 5.74) is 5.58. The lowest BCUT2D eigenvalue weighted by atomic mass is 9.79. The van der Waals surface area contributed by atoms with Crippen LogP contribution in [0.5, 0.6) is 0 Å². The van der Waals surface area contributed by atoms with Crippen LogP contribution in [0.4, 0.5) is 0 Å². The van der Waals surface area contributed by atoms with Crippen LogP contribution in [-0.4, -0.2) is 120 Å². The second kappa shape index (κ2) is 6.68. The van der Waals surface area contributed by atoms with Gasteiger partial charge in [-0.3, -0.25) is 0 Å². The van der Waals surface area contributed by atoms with Gasteiger partial charge in [-0.25, -0.2) is 0 Å². The molecular formula is C12H23NO11. The molecule has 2 aliphatic rings. The van der Waals surface area contributed by atoms with Crippen molar-refractivity contribution in [1.29, 1.82) is 0 Å². The SMILES string of the molecule is N[C@@H]1[C@@H](O)[C@H](O)[C@@H](CO)O[C@]1(O)C1(O)OC(CO)C(O)C(O)C1O. The van der Waals surface area contributed by atoms with E-state index in [4.69, 9.17) is 20.3 Å². The highest BCUT2D eigenvalue weighted by Crippen LogP contribution is 2.42. The van der Waals surface area contributed by atoms with Gasteiger partial charge in [0.05, 0.1) is 19.3 Å². The van der Waals surface area contributed by atoms with Gasteiger partial charge in [0.1, 0.15) is 42.7 Å². The Morgan fingerprint density at radius 3 is 1.58 bits per heavy atom. The van der Waals surface area contributed by atoms with Crippen molar-refractivity contribution < 1.29 is 55.4 Å². The fourth-order valence-electron chi connectivity index (χ4n) is 2.96. The van der Waals surface area contributed by atoms with Gasteiger partial charge in [-0.1, -0.05) is 0 Å². The first-order valence-electron chi connectivity index (χ1n) is 7.23. The van der Waals surface area contributed by atoms with Gasteiger partial charge in [0.15, 0.2) is 0 Å². The van der Waals surface area contributed by atoms with E-state index >= 15 is 0 Å². The zero-order valence-electron chi connectivity index (χ0n) is 12.5. The van der Waals surface area contributed by atoms with Gasteiger partial charge in [-0.15, -0.1) is 0 Å². The van der Waals surface area contributed by atoms with Crippen LogP contribution in [0.2, 0.25) is 0 Å². The lowest BCUT2D eigenvalue weighted by Crippen LogP contribution is -2.82. The molecule has 0 aromatic rings. The van der Waals surface area contributed by atoms with Crippen molar-refractivity contribution in [2.24, 2.45) is 5.73 Å². The molecule has 12 heteroatoms. The van der Waals surface area contributed by atoms with Gasteiger partial charge in [-0.2, -0.15) is 0 Å². The number of hydrogen-bond acceptors (Lipinski definition) is 12. The molecular weight excluding hydrogens is 334 g/mol. The van der Waals surface area contributed by atoms with Crippen molar-refractivity contribution in [3.8, 4) is 0 Å². The molecule has 142 valence electrons. The predicted molar refractivity (Wildman–Crippen MR) is 71.8 cm³/mol. The minimum absolute atomic E-state index is 0.895. The Labute approximate surface area is 135 Å². The standard InChI is InChI=1S/C12H23NO11/c13-9-7(18)5(16)3(1-14)23-11(9,21)12(22)10(20)8(19)6(17)4(2-15)24-12/h3-10,14-22H,1-2,13H2/t3-,4?,5-,6?,7+,8?,9-,10?,11+,12?/m1/s1. The van der Waals surface area contributed by atoms with Gasteiger partial charge >= 0.3 is 0 Å². The van der Waals surface area contributed by atoms with Gasteiger partial charge in [0.2, 0.25) is 5.79 Å². The van der Waals surface area contributed by atoms with Crippen molar-refractivity contribution >= 4 is 0 Å². The molecule has 12 nitrogen and oxygen atoms in total. The molecule has 2 saturated heterocycles. The molecule has 2 rings (SSSR count). The first kappa shape index (κ1) is 19.8. The lowest BCUT2D eigenvalue weighted by Gasteiger charge is -2.56. The maximum atomic E-state index is 10.7. The quantitative estimate of drug-likeness (QED) is 0.227. The van der Waals surface area contributed by atoms with E-state index in [1.807, 2.05) is 0 Å². The maximum absolute atomic E-state index is 10.7. The molecule has 2 aliphatic heterocycles. The number of aliphatic hydroxyl groups excluding tert-OH is 7. The van der Waals surface area contributed by atoms with Crippen LogP contribution < -0.4 is 5.73 Å². The third-order valence-corrected chi connectivity index (χ3v) is 4.54. The Bertz CT molecular complexity index is 411. The summed E-state index contributed by atoms with van der Waals surface area (Å²) in [5, 5.41) is 88.9. The third kappa shape index (κ3) is 2.65. The van der Waals surface area contributed by atoms with Gasteiger partial charge in [0.25, 0.3) is 5.79 Å². The number of hydrogen-bond donors (Lipinski definition) is 10. The molecule has 0 aliphatic carbocycles. The minimum Gasteiger partial charge on any atom is -0.394 e. The molecule has 2 heterocycles. The second-order valence-corrected chi connectivity index (χ2v) is 6.00. The molecule has 0 aromatic heterocycles. The van der Waals surface area contributed by atoms with E-state index in [2.05, 4.69) is 0 Å². The van der Waals surface area contributed by atoms with E-state index in [0.717, 1.165) is 0 Å². The summed E-state index contributed by atoms with van der Waals surface area (Å²) < 4.78 is 9.89. The van der Waals surface area contributed by atoms with Crippen LogP contribution in [-0.2, 0) is 9.47 Å². The zero-order valence-corrected chi connectivity index (χ0v) is 12.5. The van der Waals surface area contributed by atoms with Gasteiger partial charge in [0, 0.05) is 0 Å². The average Bonchev–Trinajstić information content (AvgIpc) is 2.57. The molecule has 5 unspecified atom stereocenters. The normalized spacial score (nSPS) is 56.2. The molecule has 0 aromatic carbocycles. The van der Waals surface area contributed by atoms with E-state index in [1.165, 1.54) is 0 Å². The minimum atomic E-state index is -3.20. The summed E-state index contributed by atoms with van der Waals surface area (Å²) >= 11 is 0. The number of aliphatic hydroxyl groups is 9. The molecule has 10 atom stereocenters. The van der Waals surface area contributed by atoms with E-state index in [-0.39, 0.29) is 0 Å². The summed E-state index contributed by atoms with van der Waals surface area (Å²) in [6, 6.07) is -1.95. The molecule has 0 spiro atoms. The monoisotopic (exact) mass is 357 g/mol. The third-order valence-electron chi connectivity index (χ3n) is 4.54. The van der Waals surface area contributed by atoms with E-state index < -0.39 is 73.6 Å². The second-order valence-electron chi connectivity index (χ2n) is 6.00. The van der Waals surface area contributed by atoms with Crippen LogP contribution in [0.1, 0.15) is 0 Å². The predicted octanol–water partition coefficient (Wildman–Crippen LogP) is -6.72. The molecule has 0 saturated carbocycles. The molecule has 0 radical (unpaired) electrons. The van der Waals surface area contributed by atoms with Crippen molar-refractivity contribution in [3.05, 3.63) is 0 Å². The van der Waals surface area contributed by atoms with E-state index in [0.29, 0.717) is 0 Å². The molecule has 0 amide bonds. The summed E-state index contributed by atoms with van der Waals surface area (Å²) in [6.07, 6.45) is -13.1. The largest absolute Gasteiger partial charge is 0.394 e. The molecule has 24 heavy (non-hydrogen) atoms. The van der Waals surface area contributed by atoms with Crippen LogP contribution in [0.15, 0.2) is 0 Å². The highest BCUT2D eigenvalue weighted by atomic mass is 16.7. The highest BCUT2D eigenvalue weighted by molar-refractivity contribution is 5.11. The van der Waals surface area contributed by atoms with Crippen LogP contribution in [0, 0.1) is 0 Å². The number of ether oxygens (including phenoxy) is 2. The highest BCUT2D eigenvalue weighted by Gasteiger charge is 2.70. The van der Waals surface area contributed by atoms with Gasteiger partial charge < -0.3 is 61.2 Å². The maximum Gasteiger partial charge on any atom is 0.252 e. The topological polar surface area (TPSA) is 227 Å². The Hall–Kier alpha value is -0.480. The summed E-state index contributed by atoms with van der Waals surface area (Å²) in [5.74, 6) is -6.31. The van der Waals surface area contributed by atoms with E-state index in [1.54, 1.807) is 0 Å². The van der Waals surface area contributed by atoms with Crippen molar-refractivity contribution in [1.82, 2.24) is 0 Å². The average molecular weight is 357 g/mol. The lowest BCUT2D eigenvalue weighted by molar-refractivity contribution is -0.476. The van der Waals surface area contributed by atoms with Crippen molar-refractivity contribution in [2.45, 2.75) is 60.3 Å². The Balaban J connectivity index is 2.45.